The summed E-state index contributed by atoms with van der Waals surface area (Å²) in [4.78, 5) is 2.62. The van der Waals surface area contributed by atoms with E-state index in [0.717, 1.165) is 32.7 Å². The van der Waals surface area contributed by atoms with Gasteiger partial charge in [-0.25, -0.2) is 0 Å². The lowest BCUT2D eigenvalue weighted by Gasteiger charge is -2.43. The molecule has 3 heteroatoms. The fraction of sp³-hybridized carbons (Fsp3) is 1.00. The Morgan fingerprint density at radius 1 is 1.38 bits per heavy atom. The lowest BCUT2D eigenvalue weighted by Crippen LogP contribution is -2.56. The zero-order valence-corrected chi connectivity index (χ0v) is 11.4. The van der Waals surface area contributed by atoms with Gasteiger partial charge in [-0.3, -0.25) is 4.90 Å². The van der Waals surface area contributed by atoms with Crippen LogP contribution in [0.2, 0.25) is 0 Å². The van der Waals surface area contributed by atoms with E-state index in [1.165, 1.54) is 13.1 Å². The Hall–Kier alpha value is -0.120. The van der Waals surface area contributed by atoms with Gasteiger partial charge in [-0.1, -0.05) is 20.8 Å². The molecule has 1 unspecified atom stereocenters. The van der Waals surface area contributed by atoms with Gasteiger partial charge >= 0.3 is 0 Å². The summed E-state index contributed by atoms with van der Waals surface area (Å²) >= 11 is 0. The van der Waals surface area contributed by atoms with Crippen LogP contribution in [0.4, 0.5) is 0 Å². The second-order valence-corrected chi connectivity index (χ2v) is 5.67. The smallest absolute Gasteiger partial charge is 0.0478 e. The number of hydrogen-bond donors (Lipinski definition) is 1. The van der Waals surface area contributed by atoms with Crippen molar-refractivity contribution in [3.8, 4) is 0 Å². The molecule has 0 amide bonds. The fourth-order valence-corrected chi connectivity index (χ4v) is 2.38. The van der Waals surface area contributed by atoms with Gasteiger partial charge in [0.15, 0.2) is 0 Å². The molecular formula is C13H28N2O. The van der Waals surface area contributed by atoms with Gasteiger partial charge in [-0.15, -0.1) is 0 Å². The quantitative estimate of drug-likeness (QED) is 0.725. The molecule has 3 nitrogen and oxygen atoms in total. The first kappa shape index (κ1) is 13.9. The third kappa shape index (κ3) is 4.40. The molecule has 1 heterocycles. The Bertz CT molecular complexity index is 189. The SMILES string of the molecule is CCOCCCN1CCNCC1C(C)(C)C. The van der Waals surface area contributed by atoms with E-state index in [2.05, 4.69) is 37.9 Å². The number of rotatable bonds is 5. The highest BCUT2D eigenvalue weighted by Gasteiger charge is 2.31. The molecule has 0 bridgehead atoms. The maximum absolute atomic E-state index is 5.40. The van der Waals surface area contributed by atoms with Gasteiger partial charge in [-0.05, 0) is 18.8 Å². The second-order valence-electron chi connectivity index (χ2n) is 5.67. The summed E-state index contributed by atoms with van der Waals surface area (Å²) in [5, 5.41) is 3.50. The maximum Gasteiger partial charge on any atom is 0.0478 e. The maximum atomic E-state index is 5.40. The van der Waals surface area contributed by atoms with E-state index in [0.29, 0.717) is 11.5 Å². The van der Waals surface area contributed by atoms with Crippen molar-refractivity contribution in [2.75, 3.05) is 39.4 Å². The van der Waals surface area contributed by atoms with Gasteiger partial charge in [0.25, 0.3) is 0 Å². The van der Waals surface area contributed by atoms with Crippen LogP contribution in [-0.4, -0.2) is 50.3 Å². The predicted octanol–water partition coefficient (Wildman–Crippen LogP) is 1.73. The highest BCUT2D eigenvalue weighted by molar-refractivity contribution is 4.88. The Morgan fingerprint density at radius 2 is 2.12 bits per heavy atom. The van der Waals surface area contributed by atoms with Crippen molar-refractivity contribution in [1.82, 2.24) is 10.2 Å². The molecule has 1 saturated heterocycles. The van der Waals surface area contributed by atoms with Crippen LogP contribution in [0.5, 0.6) is 0 Å². The van der Waals surface area contributed by atoms with E-state index in [9.17, 15) is 0 Å². The standard InChI is InChI=1S/C13H28N2O/c1-5-16-10-6-8-15-9-7-14-11-12(15)13(2,3)4/h12,14H,5-11H2,1-4H3. The summed E-state index contributed by atoms with van der Waals surface area (Å²) in [5.41, 5.74) is 0.360. The van der Waals surface area contributed by atoms with Crippen molar-refractivity contribution in [1.29, 1.82) is 0 Å². The van der Waals surface area contributed by atoms with Gasteiger partial charge in [0, 0.05) is 45.4 Å². The van der Waals surface area contributed by atoms with Crippen LogP contribution < -0.4 is 5.32 Å². The summed E-state index contributed by atoms with van der Waals surface area (Å²) in [7, 11) is 0. The average Bonchev–Trinajstić information content (AvgIpc) is 2.24. The molecule has 1 rings (SSSR count). The largest absolute Gasteiger partial charge is 0.382 e. The molecule has 0 radical (unpaired) electrons. The van der Waals surface area contributed by atoms with Crippen molar-refractivity contribution < 1.29 is 4.74 Å². The van der Waals surface area contributed by atoms with Crippen LogP contribution in [0.3, 0.4) is 0 Å². The molecule has 1 aliphatic heterocycles. The van der Waals surface area contributed by atoms with Crippen LogP contribution in [-0.2, 0) is 4.74 Å². The summed E-state index contributed by atoms with van der Waals surface area (Å²) < 4.78 is 5.40. The van der Waals surface area contributed by atoms with E-state index in [-0.39, 0.29) is 0 Å². The number of piperazine rings is 1. The minimum atomic E-state index is 0.360. The van der Waals surface area contributed by atoms with Crippen LogP contribution >= 0.6 is 0 Å². The van der Waals surface area contributed by atoms with E-state index in [4.69, 9.17) is 4.74 Å². The molecule has 16 heavy (non-hydrogen) atoms. The first-order chi connectivity index (χ1) is 7.55. The zero-order chi connectivity index (χ0) is 12.0. The number of hydrogen-bond acceptors (Lipinski definition) is 3. The first-order valence-corrected chi connectivity index (χ1v) is 6.58. The molecule has 0 aliphatic carbocycles. The molecular weight excluding hydrogens is 200 g/mol. The van der Waals surface area contributed by atoms with Crippen molar-refractivity contribution in [3.05, 3.63) is 0 Å². The Morgan fingerprint density at radius 3 is 2.75 bits per heavy atom. The number of ether oxygens (including phenoxy) is 1. The monoisotopic (exact) mass is 228 g/mol. The summed E-state index contributed by atoms with van der Waals surface area (Å²) in [6.07, 6.45) is 1.15. The molecule has 0 aromatic carbocycles. The first-order valence-electron chi connectivity index (χ1n) is 6.58. The van der Waals surface area contributed by atoms with Crippen molar-refractivity contribution >= 4 is 0 Å². The van der Waals surface area contributed by atoms with Crippen LogP contribution in [0.25, 0.3) is 0 Å². The van der Waals surface area contributed by atoms with Gasteiger partial charge in [-0.2, -0.15) is 0 Å². The number of nitrogens with zero attached hydrogens (tertiary/aromatic N) is 1. The average molecular weight is 228 g/mol. The molecule has 1 N–H and O–H groups in total. The molecule has 1 fully saturated rings. The second kappa shape index (κ2) is 6.58. The topological polar surface area (TPSA) is 24.5 Å². The predicted molar refractivity (Wildman–Crippen MR) is 68.8 cm³/mol. The van der Waals surface area contributed by atoms with E-state index < -0.39 is 0 Å². The van der Waals surface area contributed by atoms with Crippen LogP contribution in [0, 0.1) is 5.41 Å². The molecule has 0 aromatic heterocycles. The zero-order valence-electron chi connectivity index (χ0n) is 11.4. The van der Waals surface area contributed by atoms with Crippen molar-refractivity contribution in [2.45, 2.75) is 40.2 Å². The highest BCUT2D eigenvalue weighted by atomic mass is 16.5. The molecule has 1 aliphatic rings. The molecule has 0 aromatic rings. The Balaban J connectivity index is 2.35. The van der Waals surface area contributed by atoms with E-state index in [1.54, 1.807) is 0 Å². The highest BCUT2D eigenvalue weighted by Crippen LogP contribution is 2.25. The summed E-state index contributed by atoms with van der Waals surface area (Å²) in [6.45, 7) is 15.4. The normalized spacial score (nSPS) is 23.6. The minimum Gasteiger partial charge on any atom is -0.382 e. The van der Waals surface area contributed by atoms with Crippen molar-refractivity contribution in [3.63, 3.8) is 0 Å². The molecule has 96 valence electrons. The Labute approximate surface area is 101 Å². The lowest BCUT2D eigenvalue weighted by molar-refractivity contribution is 0.0613. The van der Waals surface area contributed by atoms with Crippen LogP contribution in [0.15, 0.2) is 0 Å². The molecule has 0 saturated carbocycles. The van der Waals surface area contributed by atoms with Gasteiger partial charge in [0.05, 0.1) is 0 Å². The Kier molecular flexibility index (Phi) is 5.73. The molecule has 0 spiro atoms. The molecule has 1 atom stereocenters. The minimum absolute atomic E-state index is 0.360. The van der Waals surface area contributed by atoms with Crippen LogP contribution in [0.1, 0.15) is 34.1 Å². The van der Waals surface area contributed by atoms with Gasteiger partial charge in [0.2, 0.25) is 0 Å². The summed E-state index contributed by atoms with van der Waals surface area (Å²) in [5.74, 6) is 0. The van der Waals surface area contributed by atoms with E-state index >= 15 is 0 Å². The van der Waals surface area contributed by atoms with Crippen molar-refractivity contribution in [2.24, 2.45) is 5.41 Å². The van der Waals surface area contributed by atoms with Gasteiger partial charge < -0.3 is 10.1 Å². The lowest BCUT2D eigenvalue weighted by atomic mass is 9.84. The fourth-order valence-electron chi connectivity index (χ4n) is 2.38. The third-order valence-electron chi connectivity index (χ3n) is 3.29. The van der Waals surface area contributed by atoms with Gasteiger partial charge in [0.1, 0.15) is 0 Å². The van der Waals surface area contributed by atoms with E-state index in [1.807, 2.05) is 0 Å². The third-order valence-corrected chi connectivity index (χ3v) is 3.29. The number of nitrogens with one attached hydrogen (secondary N) is 1. The summed E-state index contributed by atoms with van der Waals surface area (Å²) in [6, 6.07) is 0.655.